The van der Waals surface area contributed by atoms with Crippen molar-refractivity contribution < 1.29 is 0 Å². The molecule has 0 bridgehead atoms. The minimum absolute atomic E-state index is 0.621. The van der Waals surface area contributed by atoms with Crippen molar-refractivity contribution in [3.63, 3.8) is 0 Å². The summed E-state index contributed by atoms with van der Waals surface area (Å²) >= 11 is 0. The number of aryl methyl sites for hydroxylation is 2. The Balaban J connectivity index is 1.61. The van der Waals surface area contributed by atoms with Crippen LogP contribution >= 0.6 is 0 Å². The fraction of sp³-hybridized carbons (Fsp3) is 0.333. The second-order valence-electron chi connectivity index (χ2n) is 5.58. The van der Waals surface area contributed by atoms with Gasteiger partial charge in [-0.15, -0.1) is 0 Å². The molecule has 2 aromatic rings. The highest BCUT2D eigenvalue weighted by Gasteiger charge is 2.17. The average molecular weight is 251 g/mol. The van der Waals surface area contributed by atoms with Gasteiger partial charge in [0.15, 0.2) is 0 Å². The summed E-state index contributed by atoms with van der Waals surface area (Å²) in [6, 6.07) is 18.2. The van der Waals surface area contributed by atoms with E-state index in [1.54, 1.807) is 5.56 Å². The number of fused-ring (bicyclic) bond motifs is 1. The minimum Gasteiger partial charge on any atom is -0.310 e. The van der Waals surface area contributed by atoms with E-state index in [1.165, 1.54) is 36.0 Å². The normalized spacial score (nSPS) is 18.1. The van der Waals surface area contributed by atoms with Gasteiger partial charge in [0.05, 0.1) is 0 Å². The number of rotatable bonds is 3. The summed E-state index contributed by atoms with van der Waals surface area (Å²) in [4.78, 5) is 0. The third kappa shape index (κ3) is 3.05. The van der Waals surface area contributed by atoms with E-state index in [-0.39, 0.29) is 0 Å². The van der Waals surface area contributed by atoms with Crippen molar-refractivity contribution in [2.45, 2.75) is 38.8 Å². The molecule has 1 aliphatic rings. The number of nitrogens with one attached hydrogen (secondary N) is 1. The van der Waals surface area contributed by atoms with Gasteiger partial charge in [0.2, 0.25) is 0 Å². The molecule has 1 nitrogen and oxygen atoms in total. The maximum absolute atomic E-state index is 3.69. The Hall–Kier alpha value is -1.60. The van der Waals surface area contributed by atoms with Crippen LogP contribution in [0, 0.1) is 6.92 Å². The van der Waals surface area contributed by atoms with Crippen LogP contribution in [0.4, 0.5) is 0 Å². The van der Waals surface area contributed by atoms with Gasteiger partial charge in [-0.3, -0.25) is 0 Å². The van der Waals surface area contributed by atoms with Crippen LogP contribution in [0.15, 0.2) is 48.5 Å². The second-order valence-corrected chi connectivity index (χ2v) is 5.58. The first-order valence-electron chi connectivity index (χ1n) is 7.17. The Bertz CT molecular complexity index is 545. The molecule has 0 unspecified atom stereocenters. The summed E-state index contributed by atoms with van der Waals surface area (Å²) in [7, 11) is 0. The van der Waals surface area contributed by atoms with E-state index >= 15 is 0 Å². The Morgan fingerprint density at radius 2 is 1.89 bits per heavy atom. The molecule has 0 spiro atoms. The van der Waals surface area contributed by atoms with Crippen molar-refractivity contribution in [1.82, 2.24) is 5.32 Å². The molecule has 98 valence electrons. The zero-order valence-corrected chi connectivity index (χ0v) is 11.5. The van der Waals surface area contributed by atoms with E-state index in [4.69, 9.17) is 0 Å². The smallest absolute Gasteiger partial charge is 0.0208 e. The summed E-state index contributed by atoms with van der Waals surface area (Å²) < 4.78 is 0. The first-order valence-corrected chi connectivity index (χ1v) is 7.17. The van der Waals surface area contributed by atoms with Gasteiger partial charge >= 0.3 is 0 Å². The van der Waals surface area contributed by atoms with Crippen molar-refractivity contribution in [1.29, 1.82) is 0 Å². The van der Waals surface area contributed by atoms with Crippen molar-refractivity contribution >= 4 is 0 Å². The van der Waals surface area contributed by atoms with Crippen LogP contribution in [0.5, 0.6) is 0 Å². The molecule has 0 radical (unpaired) electrons. The number of benzene rings is 2. The highest BCUT2D eigenvalue weighted by atomic mass is 14.9. The van der Waals surface area contributed by atoms with Crippen LogP contribution in [0.2, 0.25) is 0 Å². The highest BCUT2D eigenvalue weighted by molar-refractivity contribution is 5.34. The highest BCUT2D eigenvalue weighted by Crippen LogP contribution is 2.22. The standard InChI is InChI=1S/C18H21N/c1-14-7-8-17-12-18(10-9-16(17)11-14)19-13-15-5-3-2-4-6-15/h2-8,11,18-19H,9-10,12-13H2,1H3/t18-/m1/s1. The fourth-order valence-corrected chi connectivity index (χ4v) is 2.92. The summed E-state index contributed by atoms with van der Waals surface area (Å²) in [5.74, 6) is 0. The predicted molar refractivity (Wildman–Crippen MR) is 80.3 cm³/mol. The van der Waals surface area contributed by atoms with E-state index in [9.17, 15) is 0 Å². The van der Waals surface area contributed by atoms with Crippen LogP contribution in [0.3, 0.4) is 0 Å². The van der Waals surface area contributed by atoms with E-state index in [1.807, 2.05) is 0 Å². The Kier molecular flexibility index (Phi) is 3.65. The van der Waals surface area contributed by atoms with E-state index < -0.39 is 0 Å². The summed E-state index contributed by atoms with van der Waals surface area (Å²) in [5, 5.41) is 3.69. The first-order chi connectivity index (χ1) is 9.31. The Labute approximate surface area is 115 Å². The van der Waals surface area contributed by atoms with Crippen LogP contribution in [-0.2, 0) is 19.4 Å². The van der Waals surface area contributed by atoms with Crippen LogP contribution in [0.25, 0.3) is 0 Å². The van der Waals surface area contributed by atoms with Crippen LogP contribution in [0.1, 0.15) is 28.7 Å². The van der Waals surface area contributed by atoms with Gasteiger partial charge in [0.25, 0.3) is 0 Å². The molecule has 1 atom stereocenters. The summed E-state index contributed by atoms with van der Waals surface area (Å²) in [6.45, 7) is 3.16. The maximum Gasteiger partial charge on any atom is 0.0208 e. The van der Waals surface area contributed by atoms with Gasteiger partial charge in [0, 0.05) is 12.6 Å². The molecule has 1 aliphatic carbocycles. The molecule has 0 aromatic heterocycles. The predicted octanol–water partition coefficient (Wildman–Crippen LogP) is 3.64. The Morgan fingerprint density at radius 1 is 1.05 bits per heavy atom. The SMILES string of the molecule is Cc1ccc2c(c1)CC[C@@H](NCc1ccccc1)C2. The van der Waals surface area contributed by atoms with Gasteiger partial charge in [-0.1, -0.05) is 54.1 Å². The fourth-order valence-electron chi connectivity index (χ4n) is 2.92. The van der Waals surface area contributed by atoms with Gasteiger partial charge in [-0.05, 0) is 42.9 Å². The van der Waals surface area contributed by atoms with Gasteiger partial charge < -0.3 is 5.32 Å². The summed E-state index contributed by atoms with van der Waals surface area (Å²) in [5.41, 5.74) is 5.84. The molecule has 3 rings (SSSR count). The van der Waals surface area contributed by atoms with Crippen molar-refractivity contribution in [3.05, 3.63) is 70.8 Å². The lowest BCUT2D eigenvalue weighted by Gasteiger charge is -2.26. The summed E-state index contributed by atoms with van der Waals surface area (Å²) in [6.07, 6.45) is 3.63. The molecule has 0 saturated heterocycles. The largest absolute Gasteiger partial charge is 0.310 e. The average Bonchev–Trinajstić information content (AvgIpc) is 2.46. The van der Waals surface area contributed by atoms with Gasteiger partial charge in [-0.25, -0.2) is 0 Å². The van der Waals surface area contributed by atoms with Gasteiger partial charge in [0.1, 0.15) is 0 Å². The van der Waals surface area contributed by atoms with E-state index in [0.717, 1.165) is 6.54 Å². The lowest BCUT2D eigenvalue weighted by Crippen LogP contribution is -2.34. The van der Waals surface area contributed by atoms with Crippen molar-refractivity contribution in [3.8, 4) is 0 Å². The first kappa shape index (κ1) is 12.4. The zero-order chi connectivity index (χ0) is 13.1. The molecule has 0 aliphatic heterocycles. The Morgan fingerprint density at radius 3 is 2.74 bits per heavy atom. The molecule has 0 saturated carbocycles. The monoisotopic (exact) mass is 251 g/mol. The molecule has 19 heavy (non-hydrogen) atoms. The topological polar surface area (TPSA) is 12.0 Å². The quantitative estimate of drug-likeness (QED) is 0.878. The molecular formula is C18H21N. The van der Waals surface area contributed by atoms with Crippen LogP contribution in [-0.4, -0.2) is 6.04 Å². The minimum atomic E-state index is 0.621. The molecule has 2 aromatic carbocycles. The van der Waals surface area contributed by atoms with E-state index in [2.05, 4.69) is 60.8 Å². The maximum atomic E-state index is 3.69. The van der Waals surface area contributed by atoms with E-state index in [0.29, 0.717) is 6.04 Å². The second kappa shape index (κ2) is 5.58. The van der Waals surface area contributed by atoms with Crippen molar-refractivity contribution in [2.75, 3.05) is 0 Å². The molecule has 0 fully saturated rings. The van der Waals surface area contributed by atoms with Crippen LogP contribution < -0.4 is 5.32 Å². The van der Waals surface area contributed by atoms with Crippen molar-refractivity contribution in [2.24, 2.45) is 0 Å². The molecular weight excluding hydrogens is 230 g/mol. The molecule has 0 heterocycles. The lowest BCUT2D eigenvalue weighted by molar-refractivity contribution is 0.457. The third-order valence-corrected chi connectivity index (χ3v) is 4.03. The van der Waals surface area contributed by atoms with Gasteiger partial charge in [-0.2, -0.15) is 0 Å². The number of hydrogen-bond acceptors (Lipinski definition) is 1. The molecule has 1 heteroatoms. The number of hydrogen-bond donors (Lipinski definition) is 1. The molecule has 0 amide bonds. The lowest BCUT2D eigenvalue weighted by atomic mass is 9.87. The molecule has 1 N–H and O–H groups in total. The third-order valence-electron chi connectivity index (χ3n) is 4.03. The zero-order valence-electron chi connectivity index (χ0n) is 11.5.